The topological polar surface area (TPSA) is 38.8 Å². The molecule has 0 amide bonds. The number of carbonyl (C=O) groups is 1. The lowest BCUT2D eigenvalue weighted by Crippen LogP contribution is -2.68. The third-order valence-corrected chi connectivity index (χ3v) is 10.1. The van der Waals surface area contributed by atoms with Gasteiger partial charge in [0.25, 0.3) is 8.32 Å². The predicted molar refractivity (Wildman–Crippen MR) is 103 cm³/mol. The zero-order valence-corrected chi connectivity index (χ0v) is 16.4. The monoisotopic (exact) mass is 354 g/mol. The Balaban J connectivity index is 2.20. The molecule has 1 aliphatic heterocycles. The average Bonchev–Trinajstić information content (AvgIpc) is 3.35. The number of hydrogen-bond donors (Lipinski definition) is 0. The molecule has 3 nitrogen and oxygen atoms in total. The van der Waals surface area contributed by atoms with Crippen LogP contribution in [0.1, 0.15) is 27.7 Å². The molecule has 4 heteroatoms. The summed E-state index contributed by atoms with van der Waals surface area (Å²) in [5.74, 6) is 0. The summed E-state index contributed by atoms with van der Waals surface area (Å²) in [6.07, 6.45) is 0.339. The number of aldehydes is 1. The van der Waals surface area contributed by atoms with Gasteiger partial charge in [-0.1, -0.05) is 81.4 Å². The van der Waals surface area contributed by atoms with E-state index in [0.717, 1.165) is 6.29 Å². The standard InChI is InChI=1S/C21H26O3Si/c1-20(2,3)25(17-11-7-5-8-12-17,18-13-9-6-10-14-18)24-19(15-22)21(4)16-23-21/h5-15,19H,16H2,1-4H3/t19-,21+/m1/s1. The third kappa shape index (κ3) is 3.22. The minimum atomic E-state index is -2.71. The number of carbonyl (C=O) groups excluding carboxylic acids is 1. The van der Waals surface area contributed by atoms with Crippen molar-refractivity contribution < 1.29 is 14.0 Å². The van der Waals surface area contributed by atoms with Gasteiger partial charge in [0, 0.05) is 0 Å². The van der Waals surface area contributed by atoms with Gasteiger partial charge in [-0.15, -0.1) is 0 Å². The van der Waals surface area contributed by atoms with Crippen molar-refractivity contribution in [2.45, 2.75) is 44.4 Å². The van der Waals surface area contributed by atoms with Crippen LogP contribution in [0.2, 0.25) is 5.04 Å². The Bertz CT molecular complexity index is 678. The van der Waals surface area contributed by atoms with Crippen molar-refractivity contribution in [3.8, 4) is 0 Å². The van der Waals surface area contributed by atoms with Crippen molar-refractivity contribution in [1.29, 1.82) is 0 Å². The summed E-state index contributed by atoms with van der Waals surface area (Å²) in [6, 6.07) is 20.7. The van der Waals surface area contributed by atoms with E-state index in [4.69, 9.17) is 9.16 Å². The van der Waals surface area contributed by atoms with E-state index in [0.29, 0.717) is 6.61 Å². The molecule has 0 bridgehead atoms. The first-order valence-corrected chi connectivity index (χ1v) is 10.6. The first-order valence-electron chi connectivity index (χ1n) is 8.72. The minimum absolute atomic E-state index is 0.151. The zero-order valence-electron chi connectivity index (χ0n) is 15.4. The van der Waals surface area contributed by atoms with Gasteiger partial charge in [-0.3, -0.25) is 0 Å². The van der Waals surface area contributed by atoms with Crippen molar-refractivity contribution in [1.82, 2.24) is 0 Å². The summed E-state index contributed by atoms with van der Waals surface area (Å²) in [6.45, 7) is 9.13. The van der Waals surface area contributed by atoms with E-state index in [-0.39, 0.29) is 5.04 Å². The molecule has 0 radical (unpaired) electrons. The van der Waals surface area contributed by atoms with E-state index in [1.165, 1.54) is 10.4 Å². The highest BCUT2D eigenvalue weighted by atomic mass is 28.4. The summed E-state index contributed by atoms with van der Waals surface area (Å²) in [7, 11) is -2.71. The van der Waals surface area contributed by atoms with Crippen LogP contribution < -0.4 is 10.4 Å². The zero-order chi connectivity index (χ0) is 18.1. The smallest absolute Gasteiger partial charge is 0.262 e. The Morgan fingerprint density at radius 2 is 1.48 bits per heavy atom. The van der Waals surface area contributed by atoms with Gasteiger partial charge in [0.2, 0.25) is 0 Å². The molecule has 1 heterocycles. The molecule has 0 spiro atoms. The molecule has 25 heavy (non-hydrogen) atoms. The van der Waals surface area contributed by atoms with Crippen molar-refractivity contribution in [2.75, 3.05) is 6.61 Å². The second kappa shape index (κ2) is 6.52. The Labute approximate surface area is 151 Å². The summed E-state index contributed by atoms with van der Waals surface area (Å²) >= 11 is 0. The Morgan fingerprint density at radius 1 is 1.04 bits per heavy atom. The van der Waals surface area contributed by atoms with Gasteiger partial charge >= 0.3 is 0 Å². The van der Waals surface area contributed by atoms with E-state index in [1.54, 1.807) is 0 Å². The lowest BCUT2D eigenvalue weighted by molar-refractivity contribution is -0.116. The van der Waals surface area contributed by atoms with Gasteiger partial charge in [0.15, 0.2) is 6.29 Å². The number of hydrogen-bond acceptors (Lipinski definition) is 3. The van der Waals surface area contributed by atoms with E-state index >= 15 is 0 Å². The molecule has 2 atom stereocenters. The third-order valence-electron chi connectivity index (χ3n) is 5.05. The van der Waals surface area contributed by atoms with Gasteiger partial charge in [-0.2, -0.15) is 0 Å². The summed E-state index contributed by atoms with van der Waals surface area (Å²) in [5, 5.41) is 2.19. The molecular weight excluding hydrogens is 328 g/mol. The van der Waals surface area contributed by atoms with E-state index < -0.39 is 20.0 Å². The first-order chi connectivity index (χ1) is 11.8. The quantitative estimate of drug-likeness (QED) is 0.455. The summed E-state index contributed by atoms with van der Waals surface area (Å²) < 4.78 is 12.3. The van der Waals surface area contributed by atoms with Gasteiger partial charge < -0.3 is 14.0 Å². The van der Waals surface area contributed by atoms with Crippen LogP contribution in [-0.2, 0) is 14.0 Å². The lowest BCUT2D eigenvalue weighted by atomic mass is 10.1. The number of rotatable bonds is 6. The molecule has 0 saturated carbocycles. The number of ether oxygens (including phenoxy) is 1. The Kier molecular flexibility index (Phi) is 4.71. The second-order valence-corrected chi connectivity index (χ2v) is 12.2. The van der Waals surface area contributed by atoms with E-state index in [2.05, 4.69) is 45.0 Å². The van der Waals surface area contributed by atoms with Crippen LogP contribution in [-0.4, -0.2) is 32.9 Å². The molecule has 1 saturated heterocycles. The van der Waals surface area contributed by atoms with E-state index in [9.17, 15) is 4.79 Å². The molecule has 0 aliphatic carbocycles. The van der Waals surface area contributed by atoms with Crippen molar-refractivity contribution in [3.05, 3.63) is 60.7 Å². The molecular formula is C21H26O3Si. The maximum Gasteiger partial charge on any atom is 0.262 e. The average molecular weight is 355 g/mol. The van der Waals surface area contributed by atoms with Crippen LogP contribution in [0.3, 0.4) is 0 Å². The fourth-order valence-corrected chi connectivity index (χ4v) is 8.16. The van der Waals surface area contributed by atoms with Crippen molar-refractivity contribution in [3.63, 3.8) is 0 Å². The SMILES string of the molecule is CC(C)(C)[Si](O[C@H](C=O)[C@]1(C)CO1)(c1ccccc1)c1ccccc1. The fraction of sp³-hybridized carbons (Fsp3) is 0.381. The molecule has 2 aromatic rings. The predicted octanol–water partition coefficient (Wildman–Crippen LogP) is 2.92. The highest BCUT2D eigenvalue weighted by Crippen LogP contribution is 2.41. The van der Waals surface area contributed by atoms with E-state index in [1.807, 2.05) is 43.3 Å². The van der Waals surface area contributed by atoms with Crippen LogP contribution in [0.5, 0.6) is 0 Å². The largest absolute Gasteiger partial charge is 0.395 e. The number of benzene rings is 2. The maximum atomic E-state index is 11.9. The fourth-order valence-electron chi connectivity index (χ4n) is 3.46. The Hall–Kier alpha value is -1.75. The maximum absolute atomic E-state index is 11.9. The van der Waals surface area contributed by atoms with Crippen LogP contribution in [0.4, 0.5) is 0 Å². The molecule has 1 fully saturated rings. The minimum Gasteiger partial charge on any atom is -0.395 e. The van der Waals surface area contributed by atoms with Crippen LogP contribution >= 0.6 is 0 Å². The van der Waals surface area contributed by atoms with Gasteiger partial charge in [0.05, 0.1) is 6.61 Å². The van der Waals surface area contributed by atoms with Crippen molar-refractivity contribution in [2.24, 2.45) is 0 Å². The molecule has 2 aromatic carbocycles. The lowest BCUT2D eigenvalue weighted by Gasteiger charge is -2.44. The Morgan fingerprint density at radius 3 is 1.80 bits per heavy atom. The first kappa shape index (κ1) is 18.1. The molecule has 0 unspecified atom stereocenters. The van der Waals surface area contributed by atoms with Crippen molar-refractivity contribution >= 4 is 25.0 Å². The molecule has 3 rings (SSSR count). The number of epoxide rings is 1. The van der Waals surface area contributed by atoms with Crippen LogP contribution in [0, 0.1) is 0 Å². The molecule has 132 valence electrons. The highest BCUT2D eigenvalue weighted by molar-refractivity contribution is 6.99. The molecule has 1 aliphatic rings. The molecule has 0 N–H and O–H groups in total. The molecule has 0 aromatic heterocycles. The van der Waals surface area contributed by atoms with Crippen LogP contribution in [0.15, 0.2) is 60.7 Å². The van der Waals surface area contributed by atoms with Gasteiger partial charge in [0.1, 0.15) is 11.7 Å². The van der Waals surface area contributed by atoms with Gasteiger partial charge in [-0.25, -0.2) is 0 Å². The second-order valence-electron chi connectivity index (χ2n) is 7.94. The summed E-state index contributed by atoms with van der Waals surface area (Å²) in [4.78, 5) is 11.9. The van der Waals surface area contributed by atoms with Gasteiger partial charge in [-0.05, 0) is 22.3 Å². The summed E-state index contributed by atoms with van der Waals surface area (Å²) in [5.41, 5.74) is -0.505. The normalized spacial score (nSPS) is 21.6. The highest BCUT2D eigenvalue weighted by Gasteiger charge is 2.57. The van der Waals surface area contributed by atoms with Crippen LogP contribution in [0.25, 0.3) is 0 Å².